The Balaban J connectivity index is 1.47. The van der Waals surface area contributed by atoms with E-state index in [-0.39, 0.29) is 12.1 Å². The summed E-state index contributed by atoms with van der Waals surface area (Å²) in [4.78, 5) is 53.3. The Labute approximate surface area is 232 Å². The van der Waals surface area contributed by atoms with E-state index in [0.29, 0.717) is 50.1 Å². The Morgan fingerprint density at radius 3 is 2.58 bits per heavy atom. The van der Waals surface area contributed by atoms with Crippen LogP contribution < -0.4 is 21.5 Å². The molecule has 0 saturated carbocycles. The second kappa shape index (κ2) is 10.8. The van der Waals surface area contributed by atoms with Crippen LogP contribution in [0.4, 0.5) is 22.1 Å². The van der Waals surface area contributed by atoms with E-state index in [2.05, 4.69) is 22.1 Å². The molecule has 0 radical (unpaired) electrons. The maximum atomic E-state index is 12.8. The molecule has 2 aliphatic rings. The molecule has 0 bridgehead atoms. The highest BCUT2D eigenvalue weighted by Crippen LogP contribution is 2.32. The molecule has 3 aromatic rings. The summed E-state index contributed by atoms with van der Waals surface area (Å²) in [6.07, 6.45) is 0.273. The minimum atomic E-state index is -0.585. The number of nitrogens with zero attached hydrogens (tertiary/aromatic N) is 5. The second-order valence-electron chi connectivity index (χ2n) is 11.2. The first-order valence-electron chi connectivity index (χ1n) is 13.4. The fourth-order valence-electron chi connectivity index (χ4n) is 4.78. The van der Waals surface area contributed by atoms with Gasteiger partial charge in [0.2, 0.25) is 0 Å². The number of carbonyl (C=O) groups excluding carboxylic acids is 1. The number of morpholine rings is 1. The highest BCUT2D eigenvalue weighted by atomic mass is 16.6. The number of hydrogen-bond acceptors (Lipinski definition) is 9. The van der Waals surface area contributed by atoms with Gasteiger partial charge >= 0.3 is 11.8 Å². The third-order valence-electron chi connectivity index (χ3n) is 6.90. The van der Waals surface area contributed by atoms with Gasteiger partial charge in [0.15, 0.2) is 5.82 Å². The van der Waals surface area contributed by atoms with E-state index in [1.54, 1.807) is 4.90 Å². The lowest BCUT2D eigenvalue weighted by molar-refractivity contribution is 0.0220. The summed E-state index contributed by atoms with van der Waals surface area (Å²) in [6, 6.07) is 8.90. The SMILES string of the molecule is C[C@H]1COCCN1c1nc(-c2ccc(Nc3cc(=O)n(C)c(=O)[nH]3)cc2)nc2c1CCN(C(=O)OC(C)(C)C)C2. The number of carbonyl (C=O) groups is 1. The number of hydrogen-bond donors (Lipinski definition) is 2. The predicted octanol–water partition coefficient (Wildman–Crippen LogP) is 2.79. The van der Waals surface area contributed by atoms with Crippen LogP contribution in [0.3, 0.4) is 0 Å². The number of aromatic nitrogens is 4. The van der Waals surface area contributed by atoms with Crippen molar-refractivity contribution < 1.29 is 14.3 Å². The van der Waals surface area contributed by atoms with Crippen molar-refractivity contribution in [1.82, 2.24) is 24.4 Å². The molecule has 0 spiro atoms. The zero-order valence-electron chi connectivity index (χ0n) is 23.5. The topological polar surface area (TPSA) is 135 Å². The van der Waals surface area contributed by atoms with Gasteiger partial charge in [-0.3, -0.25) is 14.3 Å². The minimum absolute atomic E-state index is 0.150. The molecule has 1 aromatic carbocycles. The molecule has 0 unspecified atom stereocenters. The number of benzene rings is 1. The normalized spacial score (nSPS) is 17.4. The number of ether oxygens (including phenoxy) is 2. The lowest BCUT2D eigenvalue weighted by atomic mass is 10.0. The zero-order chi connectivity index (χ0) is 28.6. The molecule has 5 rings (SSSR count). The highest BCUT2D eigenvalue weighted by Gasteiger charge is 2.32. The first-order valence-corrected chi connectivity index (χ1v) is 13.4. The Bertz CT molecular complexity index is 1490. The molecule has 1 fully saturated rings. The Morgan fingerprint density at radius 1 is 1.15 bits per heavy atom. The van der Waals surface area contributed by atoms with Gasteiger partial charge in [0.1, 0.15) is 17.2 Å². The Hall–Kier alpha value is -4.19. The third kappa shape index (κ3) is 5.86. The van der Waals surface area contributed by atoms with Gasteiger partial charge in [0.05, 0.1) is 31.5 Å². The van der Waals surface area contributed by atoms with Crippen LogP contribution in [-0.4, -0.2) is 68.5 Å². The largest absolute Gasteiger partial charge is 0.444 e. The minimum Gasteiger partial charge on any atom is -0.444 e. The van der Waals surface area contributed by atoms with Crippen molar-refractivity contribution in [3.8, 4) is 11.4 Å². The smallest absolute Gasteiger partial charge is 0.410 e. The fourth-order valence-corrected chi connectivity index (χ4v) is 4.78. The van der Waals surface area contributed by atoms with Gasteiger partial charge in [0.25, 0.3) is 5.56 Å². The third-order valence-corrected chi connectivity index (χ3v) is 6.90. The van der Waals surface area contributed by atoms with Crippen LogP contribution >= 0.6 is 0 Å². The van der Waals surface area contributed by atoms with Crippen LogP contribution in [0.5, 0.6) is 0 Å². The van der Waals surface area contributed by atoms with E-state index in [9.17, 15) is 14.4 Å². The number of aromatic amines is 1. The van der Waals surface area contributed by atoms with Crippen molar-refractivity contribution in [2.45, 2.75) is 52.3 Å². The molecular weight excluding hydrogens is 514 g/mol. The van der Waals surface area contributed by atoms with Gasteiger partial charge in [-0.1, -0.05) is 0 Å². The fraction of sp³-hybridized carbons (Fsp3) is 0.464. The van der Waals surface area contributed by atoms with Crippen molar-refractivity contribution >= 4 is 23.4 Å². The summed E-state index contributed by atoms with van der Waals surface area (Å²) < 4.78 is 12.3. The molecule has 2 N–H and O–H groups in total. The van der Waals surface area contributed by atoms with Crippen LogP contribution in [0.15, 0.2) is 39.9 Å². The molecule has 1 amide bonds. The first-order chi connectivity index (χ1) is 19.0. The maximum Gasteiger partial charge on any atom is 0.410 e. The second-order valence-corrected chi connectivity index (χ2v) is 11.2. The first kappa shape index (κ1) is 27.4. The van der Waals surface area contributed by atoms with Gasteiger partial charge in [-0.15, -0.1) is 0 Å². The molecule has 0 aliphatic carbocycles. The van der Waals surface area contributed by atoms with Crippen molar-refractivity contribution in [1.29, 1.82) is 0 Å². The number of amides is 1. The average molecular weight is 550 g/mol. The summed E-state index contributed by atoms with van der Waals surface area (Å²) in [5.41, 5.74) is 1.83. The van der Waals surface area contributed by atoms with Gasteiger partial charge in [-0.05, 0) is 58.4 Å². The predicted molar refractivity (Wildman–Crippen MR) is 151 cm³/mol. The van der Waals surface area contributed by atoms with Gasteiger partial charge in [-0.25, -0.2) is 19.6 Å². The molecule has 12 nitrogen and oxygen atoms in total. The number of H-pyrrole nitrogens is 1. The van der Waals surface area contributed by atoms with Crippen molar-refractivity contribution in [3.05, 3.63) is 62.4 Å². The van der Waals surface area contributed by atoms with E-state index < -0.39 is 16.9 Å². The van der Waals surface area contributed by atoms with E-state index in [1.807, 2.05) is 45.0 Å². The van der Waals surface area contributed by atoms with E-state index in [1.165, 1.54) is 13.1 Å². The molecule has 1 saturated heterocycles. The maximum absolute atomic E-state index is 12.8. The molecule has 212 valence electrons. The highest BCUT2D eigenvalue weighted by molar-refractivity contribution is 5.70. The number of rotatable bonds is 4. The van der Waals surface area contributed by atoms with Crippen LogP contribution in [0.25, 0.3) is 11.4 Å². The summed E-state index contributed by atoms with van der Waals surface area (Å²) in [6.45, 7) is 10.5. The van der Waals surface area contributed by atoms with Crippen LogP contribution in [0.2, 0.25) is 0 Å². The molecule has 12 heteroatoms. The number of anilines is 3. The van der Waals surface area contributed by atoms with Crippen molar-refractivity contribution in [2.75, 3.05) is 36.5 Å². The van der Waals surface area contributed by atoms with Crippen LogP contribution in [0, 0.1) is 0 Å². The monoisotopic (exact) mass is 549 g/mol. The number of fused-ring (bicyclic) bond motifs is 1. The lowest BCUT2D eigenvalue weighted by Crippen LogP contribution is -2.46. The van der Waals surface area contributed by atoms with E-state index >= 15 is 0 Å². The van der Waals surface area contributed by atoms with Crippen molar-refractivity contribution in [2.24, 2.45) is 7.05 Å². The average Bonchev–Trinajstić information content (AvgIpc) is 2.90. The Kier molecular flexibility index (Phi) is 7.37. The van der Waals surface area contributed by atoms with Crippen molar-refractivity contribution in [3.63, 3.8) is 0 Å². The quantitative estimate of drug-likeness (QED) is 0.504. The van der Waals surface area contributed by atoms with Gasteiger partial charge in [0, 0.05) is 43.0 Å². The molecule has 4 heterocycles. The van der Waals surface area contributed by atoms with Gasteiger partial charge in [-0.2, -0.15) is 0 Å². The van der Waals surface area contributed by atoms with Crippen LogP contribution in [0.1, 0.15) is 39.0 Å². The summed E-state index contributed by atoms with van der Waals surface area (Å²) in [7, 11) is 1.41. The summed E-state index contributed by atoms with van der Waals surface area (Å²) >= 11 is 0. The molecule has 1 atom stereocenters. The summed E-state index contributed by atoms with van der Waals surface area (Å²) in [5.74, 6) is 1.73. The number of nitrogens with one attached hydrogen (secondary N) is 2. The Morgan fingerprint density at radius 2 is 1.90 bits per heavy atom. The molecule has 2 aromatic heterocycles. The van der Waals surface area contributed by atoms with E-state index in [4.69, 9.17) is 19.4 Å². The molecular formula is C28H35N7O5. The summed E-state index contributed by atoms with van der Waals surface area (Å²) in [5, 5.41) is 3.06. The van der Waals surface area contributed by atoms with Gasteiger partial charge < -0.3 is 24.6 Å². The lowest BCUT2D eigenvalue weighted by Gasteiger charge is -2.38. The zero-order valence-corrected chi connectivity index (χ0v) is 23.5. The van der Waals surface area contributed by atoms with E-state index in [0.717, 1.165) is 33.8 Å². The molecule has 2 aliphatic heterocycles. The standard InChI is InChI=1S/C28H35N7O5/c1-17-16-39-13-12-35(17)25-20-10-11-34(27(38)40-28(2,3)4)15-21(20)30-24(32-25)18-6-8-19(9-7-18)29-22-14-23(36)33(5)26(37)31-22/h6-9,14,17,29H,10-13,15-16H2,1-5H3,(H,31,37)/t17-/m0/s1. The van der Waals surface area contributed by atoms with Crippen LogP contribution in [-0.2, 0) is 29.5 Å². The molecule has 40 heavy (non-hydrogen) atoms.